The molecule has 1 amide bonds. The molecular weight excluding hydrogens is 688 g/mol. The monoisotopic (exact) mass is 734 g/mol. The number of primary amides is 1. The molecule has 15 heteroatoms. The van der Waals surface area contributed by atoms with Crippen LogP contribution in [0, 0.1) is 11.8 Å². The van der Waals surface area contributed by atoms with Crippen LogP contribution in [0.5, 0.6) is 17.2 Å². The van der Waals surface area contributed by atoms with Crippen LogP contribution in [0.25, 0.3) is 5.76 Å². The van der Waals surface area contributed by atoms with Gasteiger partial charge in [-0.3, -0.25) is 14.4 Å². The number of aromatic hydroxyl groups is 1. The fourth-order valence-corrected chi connectivity index (χ4v) is 7.80. The third-order valence-corrected chi connectivity index (χ3v) is 10.6. The number of aliphatic hydroxyl groups excluding tert-OH is 3. The molecule has 0 bridgehead atoms. The van der Waals surface area contributed by atoms with Crippen molar-refractivity contribution in [2.24, 2.45) is 27.8 Å². The molecule has 6 rings (SSSR count). The van der Waals surface area contributed by atoms with E-state index < -0.39 is 81.8 Å². The summed E-state index contributed by atoms with van der Waals surface area (Å²) in [5.41, 5.74) is 2.38. The van der Waals surface area contributed by atoms with Crippen LogP contribution in [0.4, 0.5) is 17.1 Å². The van der Waals surface area contributed by atoms with E-state index in [-0.39, 0.29) is 16.8 Å². The number of phenolic OH excluding ortho intramolecular Hbond substituents is 1. The summed E-state index contributed by atoms with van der Waals surface area (Å²) in [7, 11) is 0. The van der Waals surface area contributed by atoms with E-state index in [2.05, 4.69) is 29.0 Å². The zero-order chi connectivity index (χ0) is 38.2. The van der Waals surface area contributed by atoms with Gasteiger partial charge >= 0.3 is 0 Å². The Labute approximate surface area is 306 Å². The highest BCUT2D eigenvalue weighted by Crippen LogP contribution is 2.57. The van der Waals surface area contributed by atoms with Crippen molar-refractivity contribution < 1.29 is 54.1 Å². The number of nitrogens with two attached hydrogens (primary N) is 1. The Morgan fingerprint density at radius 3 is 2.28 bits per heavy atom. The van der Waals surface area contributed by atoms with Gasteiger partial charge in [-0.1, -0.05) is 33.6 Å². The number of carbonyl (C=O) groups excluding carboxylic acids is 3. The van der Waals surface area contributed by atoms with Gasteiger partial charge in [-0.15, -0.1) is 5.11 Å². The SMILES string of the molecule is CCCCOc1cc(N2CCOCC2)c(OCCCC)cc1N=Nc1ccc(O)c2c1C(C)[C@@H]1C(=C2O)C(=O)[C@]2(O)C(O)=C(C(N)=O)C(=O)C[C@@H]2[C@H]1O. The lowest BCUT2D eigenvalue weighted by Gasteiger charge is -2.50. The Kier molecular flexibility index (Phi) is 10.8. The van der Waals surface area contributed by atoms with E-state index in [0.717, 1.165) is 31.4 Å². The molecule has 4 aliphatic rings. The van der Waals surface area contributed by atoms with Crippen molar-refractivity contribution in [2.75, 3.05) is 44.4 Å². The summed E-state index contributed by atoms with van der Waals surface area (Å²) in [4.78, 5) is 41.1. The highest BCUT2D eigenvalue weighted by Gasteiger charge is 2.65. The number of Topliss-reactive ketones (excluding diaryl/α,β-unsaturated/α-hetero) is 2. The predicted octanol–water partition coefficient (Wildman–Crippen LogP) is 4.57. The average Bonchev–Trinajstić information content (AvgIpc) is 3.13. The number of rotatable bonds is 12. The zero-order valence-corrected chi connectivity index (χ0v) is 30.0. The first-order valence-electron chi connectivity index (χ1n) is 18.1. The van der Waals surface area contributed by atoms with Crippen LogP contribution in [0.15, 0.2) is 51.4 Å². The number of azo groups is 1. The van der Waals surface area contributed by atoms with Crippen molar-refractivity contribution in [1.29, 1.82) is 0 Å². The molecule has 3 aliphatic carbocycles. The van der Waals surface area contributed by atoms with Gasteiger partial charge in [0.15, 0.2) is 11.4 Å². The number of ketones is 2. The van der Waals surface area contributed by atoms with Gasteiger partial charge in [0, 0.05) is 49.1 Å². The fraction of sp³-hybridized carbons (Fsp3) is 0.500. The number of nitrogens with zero attached hydrogens (tertiary/aromatic N) is 3. The molecule has 2 aromatic rings. The third-order valence-electron chi connectivity index (χ3n) is 10.6. The number of benzene rings is 2. The number of aliphatic hydroxyl groups is 4. The maximum atomic E-state index is 14.0. The number of phenols is 1. The van der Waals surface area contributed by atoms with Crippen molar-refractivity contribution in [3.05, 3.63) is 52.3 Å². The molecule has 2 aromatic carbocycles. The van der Waals surface area contributed by atoms with Crippen LogP contribution in [-0.4, -0.2) is 94.2 Å². The summed E-state index contributed by atoms with van der Waals surface area (Å²) in [5, 5.41) is 66.0. The van der Waals surface area contributed by atoms with Gasteiger partial charge in [-0.2, -0.15) is 5.11 Å². The zero-order valence-electron chi connectivity index (χ0n) is 30.0. The van der Waals surface area contributed by atoms with E-state index in [1.807, 2.05) is 6.07 Å². The number of morpholine rings is 1. The highest BCUT2D eigenvalue weighted by atomic mass is 16.5. The molecule has 1 unspecified atom stereocenters. The minimum Gasteiger partial charge on any atom is -0.508 e. The van der Waals surface area contributed by atoms with E-state index in [4.69, 9.17) is 19.9 Å². The third kappa shape index (κ3) is 6.50. The second-order valence-electron chi connectivity index (χ2n) is 13.9. The molecule has 1 heterocycles. The average molecular weight is 735 g/mol. The first-order valence-corrected chi connectivity index (χ1v) is 18.1. The summed E-state index contributed by atoms with van der Waals surface area (Å²) in [6, 6.07) is 6.40. The number of carbonyl (C=O) groups is 3. The Bertz CT molecular complexity index is 1900. The molecular formula is C38H46N4O11. The molecule has 0 radical (unpaired) electrons. The molecule has 15 nitrogen and oxygen atoms in total. The van der Waals surface area contributed by atoms with E-state index >= 15 is 0 Å². The highest BCUT2D eigenvalue weighted by molar-refractivity contribution is 6.23. The molecule has 0 aromatic heterocycles. The van der Waals surface area contributed by atoms with E-state index in [9.17, 15) is 39.9 Å². The largest absolute Gasteiger partial charge is 0.508 e. The number of hydrogen-bond acceptors (Lipinski definition) is 14. The van der Waals surface area contributed by atoms with Crippen LogP contribution in [0.2, 0.25) is 0 Å². The summed E-state index contributed by atoms with van der Waals surface area (Å²) >= 11 is 0. The maximum Gasteiger partial charge on any atom is 0.255 e. The lowest BCUT2D eigenvalue weighted by molar-refractivity contribution is -0.160. The minimum absolute atomic E-state index is 0.182. The Morgan fingerprint density at radius 2 is 1.64 bits per heavy atom. The normalized spacial score (nSPS) is 25.7. The molecule has 284 valence electrons. The molecule has 2 fully saturated rings. The summed E-state index contributed by atoms with van der Waals surface area (Å²) in [6.07, 6.45) is 1.14. The van der Waals surface area contributed by atoms with Gasteiger partial charge in [-0.25, -0.2) is 0 Å². The van der Waals surface area contributed by atoms with Crippen LogP contribution in [0.3, 0.4) is 0 Å². The van der Waals surface area contributed by atoms with Crippen LogP contribution in [-0.2, 0) is 19.1 Å². The number of anilines is 1. The molecule has 0 spiro atoms. The first-order chi connectivity index (χ1) is 25.4. The second-order valence-corrected chi connectivity index (χ2v) is 13.9. The molecule has 53 heavy (non-hydrogen) atoms. The smallest absolute Gasteiger partial charge is 0.255 e. The van der Waals surface area contributed by atoms with Gasteiger partial charge in [-0.05, 0) is 36.5 Å². The molecule has 1 aliphatic heterocycles. The quantitative estimate of drug-likeness (QED) is 0.100. The Morgan fingerprint density at radius 1 is 1.00 bits per heavy atom. The van der Waals surface area contributed by atoms with Gasteiger partial charge in [0.2, 0.25) is 5.78 Å². The van der Waals surface area contributed by atoms with E-state index in [1.54, 1.807) is 13.0 Å². The van der Waals surface area contributed by atoms with Crippen molar-refractivity contribution in [2.45, 2.75) is 70.5 Å². The Balaban J connectivity index is 1.46. The van der Waals surface area contributed by atoms with Crippen LogP contribution >= 0.6 is 0 Å². The molecule has 5 atom stereocenters. The Hall–Kier alpha value is -4.99. The van der Waals surface area contributed by atoms with Crippen molar-refractivity contribution in [3.63, 3.8) is 0 Å². The number of ether oxygens (including phenoxy) is 3. The lowest BCUT2D eigenvalue weighted by atomic mass is 9.55. The fourth-order valence-electron chi connectivity index (χ4n) is 7.80. The topological polar surface area (TPSA) is 234 Å². The van der Waals surface area contributed by atoms with Crippen LogP contribution < -0.4 is 20.1 Å². The van der Waals surface area contributed by atoms with Gasteiger partial charge < -0.3 is 50.4 Å². The molecule has 1 saturated carbocycles. The number of fused-ring (bicyclic) bond motifs is 3. The van der Waals surface area contributed by atoms with Crippen LogP contribution in [0.1, 0.15) is 69.9 Å². The number of amides is 1. The molecule has 7 N–H and O–H groups in total. The second kappa shape index (κ2) is 15.2. The van der Waals surface area contributed by atoms with E-state index in [1.165, 1.54) is 12.1 Å². The first kappa shape index (κ1) is 37.8. The summed E-state index contributed by atoms with van der Waals surface area (Å²) in [5.74, 6) is -8.57. The van der Waals surface area contributed by atoms with Crippen molar-refractivity contribution in [3.8, 4) is 17.2 Å². The van der Waals surface area contributed by atoms with Crippen molar-refractivity contribution >= 4 is 40.3 Å². The van der Waals surface area contributed by atoms with Gasteiger partial charge in [0.1, 0.15) is 40.0 Å². The van der Waals surface area contributed by atoms with E-state index in [0.29, 0.717) is 56.7 Å². The lowest BCUT2D eigenvalue weighted by Crippen LogP contribution is -2.63. The molecule has 1 saturated heterocycles. The minimum atomic E-state index is -2.93. The number of hydrogen-bond donors (Lipinski definition) is 6. The van der Waals surface area contributed by atoms with Gasteiger partial charge in [0.25, 0.3) is 5.91 Å². The predicted molar refractivity (Wildman–Crippen MR) is 192 cm³/mol. The standard InChI is InChI=1S/C38H46N4O11/c1-4-6-12-52-26-18-23(42-10-14-51-15-11-42)27(53-13-7-5-2)17-22(26)41-40-21-8-9-24(43)30-28(21)19(3)29-32(34(30)46)36(48)38(50)20(33(29)45)16-25(44)31(35(38)47)37(39)49/h8-9,17-20,29,33,43,45-47,50H,4-7,10-16H2,1-3H3,(H2,39,49)/t19?,20-,29-,33-,38-/m1/s1. The maximum absolute atomic E-state index is 14.0. The van der Waals surface area contributed by atoms with Gasteiger partial charge in [0.05, 0.1) is 49.5 Å². The summed E-state index contributed by atoms with van der Waals surface area (Å²) < 4.78 is 18.0. The number of unbranched alkanes of at least 4 members (excludes halogenated alkanes) is 2. The summed E-state index contributed by atoms with van der Waals surface area (Å²) in [6.45, 7) is 9.15. The van der Waals surface area contributed by atoms with Crippen molar-refractivity contribution in [1.82, 2.24) is 0 Å².